The van der Waals surface area contributed by atoms with Gasteiger partial charge in [-0.25, -0.2) is 9.37 Å². The van der Waals surface area contributed by atoms with E-state index in [1.54, 1.807) is 12.2 Å². The van der Waals surface area contributed by atoms with Gasteiger partial charge in [0.1, 0.15) is 18.0 Å². The molecule has 1 aromatic heterocycles. The maximum Gasteiger partial charge on any atom is 0.269 e. The molecule has 0 saturated carbocycles. The molecular formula is C26H24Cl3FN4O4. The number of carbonyl (C=O) groups excluding carboxylic acids is 2. The van der Waals surface area contributed by atoms with E-state index in [0.29, 0.717) is 28.4 Å². The Bertz CT molecular complexity index is 1320. The Labute approximate surface area is 233 Å². The number of allylic oxidation sites excluding steroid dienone is 4. The van der Waals surface area contributed by atoms with Crippen molar-refractivity contribution in [2.24, 2.45) is 10.9 Å². The molecular weight excluding hydrogens is 558 g/mol. The second kappa shape index (κ2) is 12.3. The fraction of sp³-hybridized carbons (Fsp3) is 0.308. The first kappa shape index (κ1) is 28.0. The Morgan fingerprint density at radius 2 is 1.95 bits per heavy atom. The van der Waals surface area contributed by atoms with Gasteiger partial charge in [-0.15, -0.1) is 0 Å². The fourth-order valence-corrected chi connectivity index (χ4v) is 4.98. The molecule has 2 heterocycles. The van der Waals surface area contributed by atoms with Crippen LogP contribution in [-0.4, -0.2) is 48.0 Å². The summed E-state index contributed by atoms with van der Waals surface area (Å²) in [6.07, 6.45) is 5.48. The number of carbonyl (C=O) groups is 2. The topological polar surface area (TPSA) is 102 Å². The summed E-state index contributed by atoms with van der Waals surface area (Å²) in [4.78, 5) is 34.9. The van der Waals surface area contributed by atoms with Crippen LogP contribution >= 0.6 is 34.8 Å². The Kier molecular flexibility index (Phi) is 9.04. The third-order valence-corrected chi connectivity index (χ3v) is 6.45. The summed E-state index contributed by atoms with van der Waals surface area (Å²) in [5.74, 6) is -2.67. The predicted octanol–water partition coefficient (Wildman–Crippen LogP) is 5.12. The van der Waals surface area contributed by atoms with E-state index in [-0.39, 0.29) is 40.8 Å². The second-order valence-corrected chi connectivity index (χ2v) is 9.99. The smallest absolute Gasteiger partial charge is 0.269 e. The highest BCUT2D eigenvalue weighted by molar-refractivity contribution is 6.42. The normalized spacial score (nSPS) is 18.8. The van der Waals surface area contributed by atoms with E-state index >= 15 is 0 Å². The Balaban J connectivity index is 1.67. The van der Waals surface area contributed by atoms with Gasteiger partial charge in [0.2, 0.25) is 12.0 Å². The Morgan fingerprint density at radius 3 is 2.66 bits per heavy atom. The van der Waals surface area contributed by atoms with E-state index in [1.165, 1.54) is 12.1 Å². The highest BCUT2D eigenvalue weighted by Crippen LogP contribution is 2.35. The number of fused-ring (bicyclic) bond motifs is 1. The highest BCUT2D eigenvalue weighted by atomic mass is 35.5. The molecule has 0 spiro atoms. The first-order valence-corrected chi connectivity index (χ1v) is 12.9. The molecule has 1 aliphatic carbocycles. The molecule has 2 unspecified atom stereocenters. The van der Waals surface area contributed by atoms with Crippen LogP contribution in [0.5, 0.6) is 5.88 Å². The molecule has 38 heavy (non-hydrogen) atoms. The lowest BCUT2D eigenvalue weighted by Crippen LogP contribution is -2.44. The molecule has 12 heteroatoms. The average molecular weight is 582 g/mol. The van der Waals surface area contributed by atoms with E-state index in [4.69, 9.17) is 44.3 Å². The van der Waals surface area contributed by atoms with E-state index in [2.05, 4.69) is 20.6 Å². The summed E-state index contributed by atoms with van der Waals surface area (Å²) >= 11 is 19.1. The molecule has 2 aromatic rings. The summed E-state index contributed by atoms with van der Waals surface area (Å²) < 4.78 is 25.0. The summed E-state index contributed by atoms with van der Waals surface area (Å²) in [6, 6.07) is 4.01. The zero-order valence-corrected chi connectivity index (χ0v) is 22.7. The van der Waals surface area contributed by atoms with Gasteiger partial charge in [-0.3, -0.25) is 14.6 Å². The molecule has 4 rings (SSSR count). The number of nitrogens with zero attached hydrogens (tertiary/aromatic N) is 2. The molecule has 2 amide bonds. The number of hydrogen-bond acceptors (Lipinski definition) is 6. The first-order chi connectivity index (χ1) is 18.1. The van der Waals surface area contributed by atoms with Crippen molar-refractivity contribution in [1.29, 1.82) is 0 Å². The number of aromatic nitrogens is 1. The number of hydrogen-bond donors (Lipinski definition) is 2. The average Bonchev–Trinajstić information content (AvgIpc) is 2.98. The molecule has 200 valence electrons. The van der Waals surface area contributed by atoms with E-state index in [1.807, 2.05) is 19.9 Å². The van der Waals surface area contributed by atoms with Gasteiger partial charge in [0.15, 0.2) is 0 Å². The van der Waals surface area contributed by atoms with E-state index in [9.17, 15) is 14.0 Å². The quantitative estimate of drug-likeness (QED) is 0.422. The third-order valence-electron chi connectivity index (χ3n) is 5.64. The van der Waals surface area contributed by atoms with Crippen molar-refractivity contribution in [2.45, 2.75) is 32.5 Å². The van der Waals surface area contributed by atoms with Gasteiger partial charge in [-0.2, -0.15) is 0 Å². The van der Waals surface area contributed by atoms with Gasteiger partial charge in [0.05, 0.1) is 34.7 Å². The lowest BCUT2D eigenvalue weighted by molar-refractivity contribution is -0.122. The standard InChI is InChI=1S/C26H24Cl3FN4O4/c1-13(2)37-7-8-38-26-17(11-15(30)12-31-26)24(35)34-23-25(36)32-20-6-4-3-5-16(20)22(33-23)21-18(28)9-14(27)10-19(21)29/h3-4,6,9-13,16,23H,5,7-8H2,1-2H3,(H,32,36)(H,34,35). The van der Waals surface area contributed by atoms with Crippen LogP contribution < -0.4 is 15.4 Å². The zero-order valence-electron chi connectivity index (χ0n) is 20.4. The zero-order chi connectivity index (χ0) is 27.4. The van der Waals surface area contributed by atoms with Gasteiger partial charge in [0.25, 0.3) is 11.8 Å². The number of rotatable bonds is 8. The van der Waals surface area contributed by atoms with E-state index < -0.39 is 29.7 Å². The summed E-state index contributed by atoms with van der Waals surface area (Å²) in [7, 11) is 0. The predicted molar refractivity (Wildman–Crippen MR) is 144 cm³/mol. The first-order valence-electron chi connectivity index (χ1n) is 11.7. The van der Waals surface area contributed by atoms with Crippen molar-refractivity contribution < 1.29 is 23.5 Å². The van der Waals surface area contributed by atoms with Gasteiger partial charge in [0, 0.05) is 22.2 Å². The number of aliphatic imine (C=N–C) groups is 1. The van der Waals surface area contributed by atoms with Crippen molar-refractivity contribution >= 4 is 52.3 Å². The number of nitrogens with one attached hydrogen (secondary N) is 2. The van der Waals surface area contributed by atoms with Crippen LogP contribution in [0.2, 0.25) is 15.1 Å². The maximum absolute atomic E-state index is 14.0. The SMILES string of the molecule is CC(C)OCCOc1ncc(F)cc1C(=O)NC1N=C(c2c(Cl)cc(Cl)cc2Cl)C2CC=CC=C2NC1=O. The van der Waals surface area contributed by atoms with Crippen LogP contribution in [0.3, 0.4) is 0 Å². The number of benzene rings is 1. The monoisotopic (exact) mass is 580 g/mol. The highest BCUT2D eigenvalue weighted by Gasteiger charge is 2.35. The van der Waals surface area contributed by atoms with Crippen LogP contribution in [0.1, 0.15) is 36.2 Å². The molecule has 8 nitrogen and oxygen atoms in total. The van der Waals surface area contributed by atoms with Gasteiger partial charge < -0.3 is 20.1 Å². The van der Waals surface area contributed by atoms with Crippen LogP contribution in [0.4, 0.5) is 4.39 Å². The summed E-state index contributed by atoms with van der Waals surface area (Å²) in [5, 5.41) is 6.17. The second-order valence-electron chi connectivity index (χ2n) is 8.74. The Morgan fingerprint density at radius 1 is 1.21 bits per heavy atom. The molecule has 2 aliphatic rings. The minimum absolute atomic E-state index is 0.0139. The molecule has 0 saturated heterocycles. The molecule has 1 aliphatic heterocycles. The van der Waals surface area contributed by atoms with Gasteiger partial charge in [-0.1, -0.05) is 47.0 Å². The van der Waals surface area contributed by atoms with Crippen LogP contribution in [0.15, 0.2) is 53.3 Å². The molecule has 2 N–H and O–H groups in total. The number of halogens is 4. The minimum atomic E-state index is -1.40. The van der Waals surface area contributed by atoms with Crippen molar-refractivity contribution in [3.05, 3.63) is 80.3 Å². The van der Waals surface area contributed by atoms with Crippen LogP contribution in [-0.2, 0) is 9.53 Å². The molecule has 0 fully saturated rings. The van der Waals surface area contributed by atoms with Gasteiger partial charge >= 0.3 is 0 Å². The number of amides is 2. The summed E-state index contributed by atoms with van der Waals surface area (Å²) in [6.45, 7) is 4.06. The number of ether oxygens (including phenoxy) is 2. The minimum Gasteiger partial charge on any atom is -0.475 e. The lowest BCUT2D eigenvalue weighted by Gasteiger charge is -2.22. The fourth-order valence-electron chi connectivity index (χ4n) is 3.97. The van der Waals surface area contributed by atoms with Crippen LogP contribution in [0.25, 0.3) is 0 Å². The van der Waals surface area contributed by atoms with Gasteiger partial charge in [-0.05, 0) is 44.5 Å². The molecule has 0 bridgehead atoms. The Hall–Kier alpha value is -2.98. The molecule has 1 aromatic carbocycles. The van der Waals surface area contributed by atoms with Crippen LogP contribution in [0, 0.1) is 11.7 Å². The largest absolute Gasteiger partial charge is 0.475 e. The molecule has 2 atom stereocenters. The summed E-state index contributed by atoms with van der Waals surface area (Å²) in [5.41, 5.74) is 1.14. The molecule has 0 radical (unpaired) electrons. The van der Waals surface area contributed by atoms with E-state index in [0.717, 1.165) is 12.3 Å². The van der Waals surface area contributed by atoms with Crippen molar-refractivity contribution in [1.82, 2.24) is 15.6 Å². The maximum atomic E-state index is 14.0. The lowest BCUT2D eigenvalue weighted by atomic mass is 9.88. The third kappa shape index (κ3) is 6.53. The number of pyridine rings is 1. The van der Waals surface area contributed by atoms with Crippen molar-refractivity contribution in [3.63, 3.8) is 0 Å². The van der Waals surface area contributed by atoms with Crippen molar-refractivity contribution in [2.75, 3.05) is 13.2 Å². The van der Waals surface area contributed by atoms with Crippen molar-refractivity contribution in [3.8, 4) is 5.88 Å².